The predicted octanol–water partition coefficient (Wildman–Crippen LogP) is 4.56. The second kappa shape index (κ2) is 9.00. The Hall–Kier alpha value is -4.00. The summed E-state index contributed by atoms with van der Waals surface area (Å²) in [6.07, 6.45) is 0. The van der Waals surface area contributed by atoms with Crippen molar-refractivity contribution in [2.24, 2.45) is 0 Å². The van der Waals surface area contributed by atoms with E-state index in [4.69, 9.17) is 9.57 Å². The highest BCUT2D eigenvalue weighted by molar-refractivity contribution is 5.99. The fourth-order valence-electron chi connectivity index (χ4n) is 2.79. The van der Waals surface area contributed by atoms with Crippen molar-refractivity contribution in [1.29, 1.82) is 0 Å². The van der Waals surface area contributed by atoms with Crippen LogP contribution < -0.4 is 20.4 Å². The Balaban J connectivity index is 1.72. The van der Waals surface area contributed by atoms with Crippen LogP contribution in [0.3, 0.4) is 0 Å². The van der Waals surface area contributed by atoms with E-state index in [-0.39, 0.29) is 22.8 Å². The first-order valence-corrected chi connectivity index (χ1v) is 9.25. The number of ether oxygens (including phenoxy) is 1. The van der Waals surface area contributed by atoms with E-state index in [0.717, 1.165) is 11.3 Å². The molecule has 0 saturated heterocycles. The number of hydrogen-bond acceptors (Lipinski definition) is 5. The van der Waals surface area contributed by atoms with Gasteiger partial charge in [-0.05, 0) is 67.9 Å². The van der Waals surface area contributed by atoms with Crippen molar-refractivity contribution >= 4 is 17.6 Å². The molecular formula is C23H22N2O5. The second-order valence-electron chi connectivity index (χ2n) is 6.70. The first kappa shape index (κ1) is 20.7. The summed E-state index contributed by atoms with van der Waals surface area (Å²) in [5.41, 5.74) is 5.15. The molecule has 7 nitrogen and oxygen atoms in total. The predicted molar refractivity (Wildman–Crippen MR) is 113 cm³/mol. The summed E-state index contributed by atoms with van der Waals surface area (Å²) in [5, 5.41) is 12.0. The van der Waals surface area contributed by atoms with Gasteiger partial charge < -0.3 is 20.0 Å². The van der Waals surface area contributed by atoms with Crippen LogP contribution >= 0.6 is 0 Å². The van der Waals surface area contributed by atoms with Crippen molar-refractivity contribution in [3.05, 3.63) is 82.9 Å². The molecule has 3 rings (SSSR count). The van der Waals surface area contributed by atoms with Gasteiger partial charge in [-0.1, -0.05) is 17.7 Å². The van der Waals surface area contributed by atoms with Gasteiger partial charge in [0, 0.05) is 12.6 Å². The summed E-state index contributed by atoms with van der Waals surface area (Å²) >= 11 is 0. The lowest BCUT2D eigenvalue weighted by Gasteiger charge is -2.14. The third-order valence-corrected chi connectivity index (χ3v) is 4.38. The van der Waals surface area contributed by atoms with Crippen LogP contribution in [-0.2, 0) is 0 Å². The molecule has 0 aliphatic carbocycles. The Labute approximate surface area is 174 Å². The van der Waals surface area contributed by atoms with Crippen LogP contribution in [0.15, 0.2) is 60.7 Å². The summed E-state index contributed by atoms with van der Waals surface area (Å²) in [4.78, 5) is 29.0. The summed E-state index contributed by atoms with van der Waals surface area (Å²) < 4.78 is 5.78. The Bertz CT molecular complexity index is 1060. The number of nitrogens with one attached hydrogen (secondary N) is 2. The average molecular weight is 406 g/mol. The van der Waals surface area contributed by atoms with Gasteiger partial charge in [-0.25, -0.2) is 10.3 Å². The average Bonchev–Trinajstić information content (AvgIpc) is 2.74. The molecule has 154 valence electrons. The quantitative estimate of drug-likeness (QED) is 0.498. The molecule has 0 aliphatic heterocycles. The molecule has 0 aromatic heterocycles. The molecule has 0 saturated carbocycles. The van der Waals surface area contributed by atoms with Crippen LogP contribution in [-0.4, -0.2) is 24.0 Å². The highest BCUT2D eigenvalue weighted by Gasteiger charge is 2.19. The number of carbonyl (C=O) groups is 2. The molecule has 3 aromatic rings. The summed E-state index contributed by atoms with van der Waals surface area (Å²) in [6.45, 7) is 3.68. The normalized spacial score (nSPS) is 10.2. The standard InChI is InChI=1S/C23H22N2O5/c1-14-4-8-18(9-5-14)29-19-10-6-17(7-11-19)25-30-21-15(2)12-16(22(26)24-3)13-20(21)23(27)28/h4-13,25H,1-3H3,(H,24,26)(H,27,28). The molecule has 0 fully saturated rings. The number of carboxylic acid groups (broad SMARTS) is 1. The minimum absolute atomic E-state index is 0.111. The van der Waals surface area contributed by atoms with E-state index in [0.29, 0.717) is 17.0 Å². The molecule has 1 amide bonds. The number of hydrogen-bond donors (Lipinski definition) is 3. The van der Waals surface area contributed by atoms with Crippen molar-refractivity contribution in [3.63, 3.8) is 0 Å². The third-order valence-electron chi connectivity index (χ3n) is 4.38. The lowest BCUT2D eigenvalue weighted by Crippen LogP contribution is -2.19. The molecule has 30 heavy (non-hydrogen) atoms. The number of anilines is 1. The van der Waals surface area contributed by atoms with Gasteiger partial charge in [-0.2, -0.15) is 0 Å². The highest BCUT2D eigenvalue weighted by Crippen LogP contribution is 2.27. The number of aromatic carboxylic acids is 1. The Kier molecular flexibility index (Phi) is 6.22. The van der Waals surface area contributed by atoms with Crippen molar-refractivity contribution in [1.82, 2.24) is 5.32 Å². The monoisotopic (exact) mass is 406 g/mol. The van der Waals surface area contributed by atoms with E-state index < -0.39 is 5.97 Å². The zero-order valence-electron chi connectivity index (χ0n) is 16.9. The second-order valence-corrected chi connectivity index (χ2v) is 6.70. The molecule has 0 heterocycles. The van der Waals surface area contributed by atoms with Gasteiger partial charge in [0.2, 0.25) is 0 Å². The van der Waals surface area contributed by atoms with Gasteiger partial charge in [0.25, 0.3) is 5.91 Å². The minimum atomic E-state index is -1.19. The smallest absolute Gasteiger partial charge is 0.339 e. The zero-order chi connectivity index (χ0) is 21.7. The van der Waals surface area contributed by atoms with Crippen molar-refractivity contribution in [2.45, 2.75) is 13.8 Å². The van der Waals surface area contributed by atoms with Crippen molar-refractivity contribution < 1.29 is 24.3 Å². The largest absolute Gasteiger partial charge is 0.478 e. The summed E-state index contributed by atoms with van der Waals surface area (Å²) in [7, 11) is 1.48. The number of amides is 1. The molecular weight excluding hydrogens is 384 g/mol. The molecule has 0 atom stereocenters. The van der Waals surface area contributed by atoms with E-state index in [2.05, 4.69) is 10.8 Å². The van der Waals surface area contributed by atoms with Gasteiger partial charge in [-0.15, -0.1) is 0 Å². The van der Waals surface area contributed by atoms with Gasteiger partial charge >= 0.3 is 5.97 Å². The third kappa shape index (κ3) is 4.88. The topological polar surface area (TPSA) is 96.9 Å². The van der Waals surface area contributed by atoms with E-state index in [9.17, 15) is 14.7 Å². The van der Waals surface area contributed by atoms with Gasteiger partial charge in [-0.3, -0.25) is 4.79 Å². The minimum Gasteiger partial charge on any atom is -0.478 e. The first-order valence-electron chi connectivity index (χ1n) is 9.25. The number of carboxylic acids is 1. The molecule has 0 bridgehead atoms. The summed E-state index contributed by atoms with van der Waals surface area (Å²) in [5.74, 6) is -0.0425. The van der Waals surface area contributed by atoms with Gasteiger partial charge in [0.1, 0.15) is 17.1 Å². The van der Waals surface area contributed by atoms with E-state index in [1.165, 1.54) is 13.1 Å². The van der Waals surface area contributed by atoms with E-state index in [1.54, 1.807) is 37.3 Å². The van der Waals surface area contributed by atoms with Crippen LogP contribution in [0.1, 0.15) is 31.8 Å². The zero-order valence-corrected chi connectivity index (χ0v) is 16.9. The van der Waals surface area contributed by atoms with Crippen molar-refractivity contribution in [2.75, 3.05) is 12.5 Å². The summed E-state index contributed by atoms with van der Waals surface area (Å²) in [6, 6.07) is 17.6. The highest BCUT2D eigenvalue weighted by atomic mass is 16.6. The fraction of sp³-hybridized carbons (Fsp3) is 0.130. The van der Waals surface area contributed by atoms with Crippen LogP contribution in [0.4, 0.5) is 5.69 Å². The molecule has 0 radical (unpaired) electrons. The Morgan fingerprint density at radius 1 is 0.900 bits per heavy atom. The maximum absolute atomic E-state index is 11.8. The molecule has 3 aromatic carbocycles. The molecule has 3 N–H and O–H groups in total. The van der Waals surface area contributed by atoms with Crippen LogP contribution in [0, 0.1) is 13.8 Å². The molecule has 7 heteroatoms. The van der Waals surface area contributed by atoms with Crippen LogP contribution in [0.5, 0.6) is 17.2 Å². The number of benzene rings is 3. The lowest BCUT2D eigenvalue weighted by atomic mass is 10.0. The maximum Gasteiger partial charge on any atom is 0.339 e. The maximum atomic E-state index is 11.8. The Morgan fingerprint density at radius 2 is 1.50 bits per heavy atom. The number of aryl methyl sites for hydroxylation is 2. The molecule has 0 unspecified atom stereocenters. The van der Waals surface area contributed by atoms with Crippen LogP contribution in [0.25, 0.3) is 0 Å². The number of carbonyl (C=O) groups excluding carboxylic acids is 1. The van der Waals surface area contributed by atoms with Gasteiger partial charge in [0.05, 0.1) is 5.69 Å². The first-order chi connectivity index (χ1) is 14.4. The fourth-order valence-corrected chi connectivity index (χ4v) is 2.79. The SMILES string of the molecule is CNC(=O)c1cc(C)c(ONc2ccc(Oc3ccc(C)cc3)cc2)c(C(=O)O)c1. The van der Waals surface area contributed by atoms with Crippen LogP contribution in [0.2, 0.25) is 0 Å². The van der Waals surface area contributed by atoms with Crippen molar-refractivity contribution in [3.8, 4) is 17.2 Å². The van der Waals surface area contributed by atoms with E-state index >= 15 is 0 Å². The lowest BCUT2D eigenvalue weighted by molar-refractivity contribution is 0.0693. The van der Waals surface area contributed by atoms with Gasteiger partial charge in [0.15, 0.2) is 5.75 Å². The number of rotatable bonds is 7. The molecule has 0 spiro atoms. The van der Waals surface area contributed by atoms with E-state index in [1.807, 2.05) is 31.2 Å². The Morgan fingerprint density at radius 3 is 2.07 bits per heavy atom. The molecule has 0 aliphatic rings.